The summed E-state index contributed by atoms with van der Waals surface area (Å²) in [5.74, 6) is 0.147. The number of hydrogen-bond donors (Lipinski definition) is 1. The van der Waals surface area contributed by atoms with Crippen molar-refractivity contribution < 1.29 is 14.3 Å². The first-order valence-electron chi connectivity index (χ1n) is 6.98. The zero-order valence-electron chi connectivity index (χ0n) is 12.3. The Hall–Kier alpha value is -2.85. The molecule has 1 aliphatic heterocycles. The second-order valence-electron chi connectivity index (χ2n) is 4.61. The Morgan fingerprint density at radius 2 is 2.39 bits per heavy atom. The molecule has 2 aromatic rings. The molecule has 1 N–H and O–H groups in total. The predicted octanol–water partition coefficient (Wildman–Crippen LogP) is 3.08. The van der Waals surface area contributed by atoms with E-state index in [0.717, 1.165) is 21.9 Å². The summed E-state index contributed by atoms with van der Waals surface area (Å²) in [7, 11) is 0. The van der Waals surface area contributed by atoms with Crippen LogP contribution in [0.5, 0.6) is 5.75 Å². The summed E-state index contributed by atoms with van der Waals surface area (Å²) in [5.41, 5.74) is 1.70. The highest BCUT2D eigenvalue weighted by molar-refractivity contribution is 7.16. The molecule has 1 aliphatic rings. The van der Waals surface area contributed by atoms with E-state index in [9.17, 15) is 4.79 Å². The number of rotatable bonds is 4. The molecular weight excluding hydrogens is 314 g/mol. The Morgan fingerprint density at radius 1 is 1.57 bits per heavy atom. The van der Waals surface area contributed by atoms with Crippen molar-refractivity contribution in [2.75, 3.05) is 11.9 Å². The summed E-state index contributed by atoms with van der Waals surface area (Å²) in [6.07, 6.45) is 1.31. The Labute approximate surface area is 137 Å². The maximum absolute atomic E-state index is 11.6. The van der Waals surface area contributed by atoms with E-state index in [1.54, 1.807) is 6.92 Å². The molecule has 6 nitrogen and oxygen atoms in total. The number of para-hydroxylation sites is 1. The first-order valence-corrected chi connectivity index (χ1v) is 7.80. The molecule has 0 bridgehead atoms. The molecule has 1 aromatic carbocycles. The van der Waals surface area contributed by atoms with Crippen LogP contribution in [0.15, 0.2) is 36.0 Å². The quantitative estimate of drug-likeness (QED) is 0.528. The van der Waals surface area contributed by atoms with Crippen LogP contribution in [0.4, 0.5) is 5.13 Å². The van der Waals surface area contributed by atoms with E-state index >= 15 is 0 Å². The van der Waals surface area contributed by atoms with Gasteiger partial charge in [0.25, 0.3) is 0 Å². The van der Waals surface area contributed by atoms with Crippen molar-refractivity contribution in [2.45, 2.75) is 13.5 Å². The Morgan fingerprint density at radius 3 is 3.17 bits per heavy atom. The monoisotopic (exact) mass is 327 g/mol. The SMILES string of the molecule is CCOC(=O)C(C#N)=CNc1nc2c(s1)COc1ccccc1-2. The molecule has 116 valence electrons. The normalized spacial score (nSPS) is 12.4. The number of nitrogens with zero attached hydrogens (tertiary/aromatic N) is 2. The van der Waals surface area contributed by atoms with Crippen LogP contribution in [0.2, 0.25) is 0 Å². The standard InChI is InChI=1S/C16H13N3O3S/c1-2-21-15(20)10(7-17)8-18-16-19-14-11-5-3-4-6-12(11)22-9-13(14)23-16/h3-6,8H,2,9H2,1H3,(H,18,19). The third kappa shape index (κ3) is 3.03. The van der Waals surface area contributed by atoms with Gasteiger partial charge in [0, 0.05) is 11.8 Å². The second-order valence-corrected chi connectivity index (χ2v) is 5.69. The van der Waals surface area contributed by atoms with Crippen LogP contribution in [0, 0.1) is 11.3 Å². The number of hydrogen-bond acceptors (Lipinski definition) is 7. The summed E-state index contributed by atoms with van der Waals surface area (Å²) in [6, 6.07) is 9.50. The van der Waals surface area contributed by atoms with E-state index in [1.807, 2.05) is 30.3 Å². The molecule has 23 heavy (non-hydrogen) atoms. The average molecular weight is 327 g/mol. The van der Waals surface area contributed by atoms with Gasteiger partial charge in [-0.15, -0.1) is 0 Å². The second kappa shape index (κ2) is 6.50. The van der Waals surface area contributed by atoms with Gasteiger partial charge < -0.3 is 14.8 Å². The molecule has 0 fully saturated rings. The summed E-state index contributed by atoms with van der Waals surface area (Å²) in [4.78, 5) is 17.1. The maximum atomic E-state index is 11.6. The minimum Gasteiger partial charge on any atom is -0.487 e. The molecule has 1 aromatic heterocycles. The number of aromatic nitrogens is 1. The summed E-state index contributed by atoms with van der Waals surface area (Å²) >= 11 is 1.42. The highest BCUT2D eigenvalue weighted by atomic mass is 32.1. The fraction of sp³-hybridized carbons (Fsp3) is 0.188. The molecular formula is C16H13N3O3S. The molecule has 0 spiro atoms. The zero-order chi connectivity index (χ0) is 16.2. The van der Waals surface area contributed by atoms with Gasteiger partial charge in [0.15, 0.2) is 10.7 Å². The number of esters is 1. The van der Waals surface area contributed by atoms with Crippen LogP contribution >= 0.6 is 11.3 Å². The van der Waals surface area contributed by atoms with E-state index in [1.165, 1.54) is 17.5 Å². The number of anilines is 1. The molecule has 0 unspecified atom stereocenters. The van der Waals surface area contributed by atoms with Crippen LogP contribution in [0.25, 0.3) is 11.3 Å². The molecule has 0 atom stereocenters. The fourth-order valence-corrected chi connectivity index (χ4v) is 2.99. The average Bonchev–Trinajstić information content (AvgIpc) is 2.99. The van der Waals surface area contributed by atoms with Crippen molar-refractivity contribution in [3.05, 3.63) is 40.9 Å². The summed E-state index contributed by atoms with van der Waals surface area (Å²) < 4.78 is 10.5. The van der Waals surface area contributed by atoms with Crippen LogP contribution in [0.3, 0.4) is 0 Å². The van der Waals surface area contributed by atoms with E-state index in [4.69, 9.17) is 14.7 Å². The van der Waals surface area contributed by atoms with E-state index in [2.05, 4.69) is 10.3 Å². The van der Waals surface area contributed by atoms with E-state index in [-0.39, 0.29) is 12.2 Å². The Balaban J connectivity index is 1.84. The third-order valence-corrected chi connectivity index (χ3v) is 4.11. The Bertz CT molecular complexity index is 820. The van der Waals surface area contributed by atoms with Crippen LogP contribution in [0.1, 0.15) is 11.8 Å². The van der Waals surface area contributed by atoms with Gasteiger partial charge in [-0.25, -0.2) is 9.78 Å². The molecule has 7 heteroatoms. The lowest BCUT2D eigenvalue weighted by Crippen LogP contribution is -2.07. The van der Waals surface area contributed by atoms with Crippen molar-refractivity contribution in [1.29, 1.82) is 5.26 Å². The molecule has 0 saturated heterocycles. The highest BCUT2D eigenvalue weighted by Gasteiger charge is 2.21. The highest BCUT2D eigenvalue weighted by Crippen LogP contribution is 2.40. The first-order chi connectivity index (χ1) is 11.2. The Kier molecular flexibility index (Phi) is 4.26. The summed E-state index contributed by atoms with van der Waals surface area (Å²) in [5, 5.41) is 12.5. The maximum Gasteiger partial charge on any atom is 0.350 e. The van der Waals surface area contributed by atoms with Gasteiger partial charge in [0.2, 0.25) is 0 Å². The van der Waals surface area contributed by atoms with Crippen LogP contribution in [-0.2, 0) is 16.1 Å². The lowest BCUT2D eigenvalue weighted by Gasteiger charge is -2.15. The van der Waals surface area contributed by atoms with Crippen molar-refractivity contribution >= 4 is 22.4 Å². The van der Waals surface area contributed by atoms with Crippen molar-refractivity contribution in [2.24, 2.45) is 0 Å². The van der Waals surface area contributed by atoms with Crippen molar-refractivity contribution in [1.82, 2.24) is 4.98 Å². The number of fused-ring (bicyclic) bond motifs is 3. The summed E-state index contributed by atoms with van der Waals surface area (Å²) in [6.45, 7) is 2.36. The van der Waals surface area contributed by atoms with Gasteiger partial charge in [-0.2, -0.15) is 5.26 Å². The van der Waals surface area contributed by atoms with Gasteiger partial charge >= 0.3 is 5.97 Å². The van der Waals surface area contributed by atoms with Crippen molar-refractivity contribution in [3.63, 3.8) is 0 Å². The predicted molar refractivity (Wildman–Crippen MR) is 85.8 cm³/mol. The number of thiazole rings is 1. The first kappa shape index (κ1) is 15.1. The van der Waals surface area contributed by atoms with Crippen LogP contribution < -0.4 is 10.1 Å². The zero-order valence-corrected chi connectivity index (χ0v) is 13.1. The van der Waals surface area contributed by atoms with E-state index in [0.29, 0.717) is 11.7 Å². The number of nitriles is 1. The number of ether oxygens (including phenoxy) is 2. The molecule has 2 heterocycles. The fourth-order valence-electron chi connectivity index (χ4n) is 2.13. The number of carbonyl (C=O) groups excluding carboxylic acids is 1. The minimum atomic E-state index is -0.655. The molecule has 0 saturated carbocycles. The van der Waals surface area contributed by atoms with Gasteiger partial charge in [-0.1, -0.05) is 23.5 Å². The largest absolute Gasteiger partial charge is 0.487 e. The van der Waals surface area contributed by atoms with Gasteiger partial charge in [-0.05, 0) is 19.1 Å². The molecule has 0 amide bonds. The number of benzene rings is 1. The number of nitrogens with one attached hydrogen (secondary N) is 1. The van der Waals surface area contributed by atoms with Crippen molar-refractivity contribution in [3.8, 4) is 23.1 Å². The van der Waals surface area contributed by atoms with E-state index < -0.39 is 5.97 Å². The molecule has 0 radical (unpaired) electrons. The lowest BCUT2D eigenvalue weighted by molar-refractivity contribution is -0.138. The van der Waals surface area contributed by atoms with Crippen LogP contribution in [-0.4, -0.2) is 17.6 Å². The van der Waals surface area contributed by atoms with Gasteiger partial charge in [0.05, 0.1) is 17.2 Å². The number of carbonyl (C=O) groups is 1. The van der Waals surface area contributed by atoms with Gasteiger partial charge in [-0.3, -0.25) is 0 Å². The molecule has 3 rings (SSSR count). The smallest absolute Gasteiger partial charge is 0.350 e. The topological polar surface area (TPSA) is 84.2 Å². The third-order valence-electron chi connectivity index (χ3n) is 3.15. The lowest BCUT2D eigenvalue weighted by atomic mass is 10.1. The van der Waals surface area contributed by atoms with Gasteiger partial charge in [0.1, 0.15) is 18.4 Å². The minimum absolute atomic E-state index is 0.100. The molecule has 0 aliphatic carbocycles.